The van der Waals surface area contributed by atoms with E-state index < -0.39 is 11.9 Å². The third kappa shape index (κ3) is 4.34. The maximum atomic E-state index is 12.5. The molecule has 0 unspecified atom stereocenters. The quantitative estimate of drug-likeness (QED) is 0.439. The van der Waals surface area contributed by atoms with Gasteiger partial charge >= 0.3 is 5.97 Å². The van der Waals surface area contributed by atoms with Crippen molar-refractivity contribution in [3.63, 3.8) is 0 Å². The number of hydrogen-bond donors (Lipinski definition) is 3. The molecular weight excluding hydrogens is 451 g/mol. The monoisotopic (exact) mass is 458 g/mol. The van der Waals surface area contributed by atoms with E-state index in [0.717, 1.165) is 10.1 Å². The number of aromatic carboxylic acids is 1. The molecule has 1 aromatic heterocycles. The van der Waals surface area contributed by atoms with Crippen LogP contribution in [0.3, 0.4) is 0 Å². The molecule has 1 heterocycles. The number of nitrogens with one attached hydrogen (secondary N) is 2. The van der Waals surface area contributed by atoms with Crippen LogP contribution in [0.15, 0.2) is 36.4 Å². The molecule has 2 aromatic carbocycles. The molecule has 0 atom stereocenters. The lowest BCUT2D eigenvalue weighted by atomic mass is 10.2. The van der Waals surface area contributed by atoms with Crippen LogP contribution in [0.4, 0.5) is 5.69 Å². The highest BCUT2D eigenvalue weighted by Gasteiger charge is 2.18. The first-order chi connectivity index (χ1) is 12.8. The highest BCUT2D eigenvalue weighted by atomic mass is 35.5. The van der Waals surface area contributed by atoms with Crippen LogP contribution in [-0.2, 0) is 0 Å². The van der Waals surface area contributed by atoms with Gasteiger partial charge in [-0.05, 0) is 42.5 Å². The molecule has 0 aliphatic rings. The second-order valence-corrected chi connectivity index (χ2v) is 7.98. The number of thiophene rings is 1. The van der Waals surface area contributed by atoms with Crippen molar-refractivity contribution in [3.05, 3.63) is 61.9 Å². The normalized spacial score (nSPS) is 10.6. The molecule has 3 aromatic rings. The van der Waals surface area contributed by atoms with Gasteiger partial charge in [0.25, 0.3) is 5.91 Å². The van der Waals surface area contributed by atoms with E-state index in [1.165, 1.54) is 29.5 Å². The number of carboxylic acid groups (broad SMARTS) is 1. The van der Waals surface area contributed by atoms with Gasteiger partial charge in [-0.3, -0.25) is 10.1 Å². The topological polar surface area (TPSA) is 78.4 Å². The molecule has 10 heteroatoms. The predicted octanol–water partition coefficient (Wildman–Crippen LogP) is 5.69. The Bertz CT molecular complexity index is 1100. The van der Waals surface area contributed by atoms with E-state index >= 15 is 0 Å². The number of carboxylic acids is 1. The molecule has 0 bridgehead atoms. The van der Waals surface area contributed by atoms with Crippen molar-refractivity contribution in [2.45, 2.75) is 0 Å². The first kappa shape index (κ1) is 19.9. The summed E-state index contributed by atoms with van der Waals surface area (Å²) in [5.41, 5.74) is 0.400. The molecule has 0 spiro atoms. The summed E-state index contributed by atoms with van der Waals surface area (Å²) in [5.74, 6) is -1.61. The Balaban J connectivity index is 1.74. The molecule has 0 aliphatic heterocycles. The van der Waals surface area contributed by atoms with Crippen molar-refractivity contribution < 1.29 is 14.7 Å². The summed E-state index contributed by atoms with van der Waals surface area (Å²) in [6, 6.07) is 9.40. The largest absolute Gasteiger partial charge is 0.478 e. The van der Waals surface area contributed by atoms with Crippen molar-refractivity contribution in [2.75, 3.05) is 5.32 Å². The van der Waals surface area contributed by atoms with E-state index in [9.17, 15) is 9.59 Å². The van der Waals surface area contributed by atoms with Gasteiger partial charge in [0.15, 0.2) is 5.11 Å². The molecular formula is C17H9Cl3N2O3S2. The summed E-state index contributed by atoms with van der Waals surface area (Å²) >= 11 is 24.5. The van der Waals surface area contributed by atoms with E-state index in [1.54, 1.807) is 18.2 Å². The van der Waals surface area contributed by atoms with Crippen LogP contribution in [-0.4, -0.2) is 22.1 Å². The van der Waals surface area contributed by atoms with Crippen LogP contribution in [0.5, 0.6) is 0 Å². The van der Waals surface area contributed by atoms with E-state index in [4.69, 9.17) is 52.1 Å². The highest BCUT2D eigenvalue weighted by Crippen LogP contribution is 2.36. The van der Waals surface area contributed by atoms with Crippen LogP contribution < -0.4 is 10.6 Å². The number of thiocarbonyl (C=S) groups is 1. The molecule has 1 amide bonds. The Morgan fingerprint density at radius 2 is 1.81 bits per heavy atom. The van der Waals surface area contributed by atoms with Crippen LogP contribution in [0.2, 0.25) is 15.1 Å². The number of amides is 1. The molecule has 0 saturated carbocycles. The van der Waals surface area contributed by atoms with E-state index in [0.29, 0.717) is 20.6 Å². The Kier molecular flexibility index (Phi) is 5.88. The minimum absolute atomic E-state index is 0.0192. The van der Waals surface area contributed by atoms with Crippen LogP contribution in [0.1, 0.15) is 20.0 Å². The molecule has 3 rings (SSSR count). The maximum Gasteiger partial charge on any atom is 0.337 e. The zero-order chi connectivity index (χ0) is 19.7. The van der Waals surface area contributed by atoms with Crippen molar-refractivity contribution >= 4 is 91.1 Å². The summed E-state index contributed by atoms with van der Waals surface area (Å²) in [4.78, 5) is 23.8. The summed E-state index contributed by atoms with van der Waals surface area (Å²) in [5, 5.41) is 15.9. The molecule has 0 fully saturated rings. The van der Waals surface area contributed by atoms with Gasteiger partial charge in [0, 0.05) is 20.8 Å². The second-order valence-electron chi connectivity index (χ2n) is 5.29. The zero-order valence-corrected chi connectivity index (χ0v) is 17.1. The Morgan fingerprint density at radius 1 is 1.07 bits per heavy atom. The average Bonchev–Trinajstić information content (AvgIpc) is 2.90. The smallest absolute Gasteiger partial charge is 0.337 e. The summed E-state index contributed by atoms with van der Waals surface area (Å²) in [6.45, 7) is 0. The fraction of sp³-hybridized carbons (Fsp3) is 0. The lowest BCUT2D eigenvalue weighted by Gasteiger charge is -2.10. The number of anilines is 1. The first-order valence-electron chi connectivity index (χ1n) is 7.29. The molecule has 0 saturated heterocycles. The molecule has 3 N–H and O–H groups in total. The summed E-state index contributed by atoms with van der Waals surface area (Å²) in [7, 11) is 0. The maximum absolute atomic E-state index is 12.5. The van der Waals surface area contributed by atoms with Gasteiger partial charge in [-0.15, -0.1) is 11.3 Å². The highest BCUT2D eigenvalue weighted by molar-refractivity contribution is 7.80. The lowest BCUT2D eigenvalue weighted by molar-refractivity contribution is 0.0697. The lowest BCUT2D eigenvalue weighted by Crippen LogP contribution is -2.33. The number of carbonyl (C=O) groups excluding carboxylic acids is 1. The number of hydrogen-bond acceptors (Lipinski definition) is 4. The first-order valence-corrected chi connectivity index (χ1v) is 9.65. The van der Waals surface area contributed by atoms with E-state index in [2.05, 4.69) is 10.6 Å². The van der Waals surface area contributed by atoms with Gasteiger partial charge in [0.05, 0.1) is 15.6 Å². The van der Waals surface area contributed by atoms with Gasteiger partial charge < -0.3 is 10.4 Å². The number of halogens is 3. The number of fused-ring (bicyclic) bond motifs is 1. The molecule has 0 radical (unpaired) electrons. The Hall–Kier alpha value is -1.90. The predicted molar refractivity (Wildman–Crippen MR) is 114 cm³/mol. The van der Waals surface area contributed by atoms with Gasteiger partial charge in [-0.2, -0.15) is 0 Å². The minimum atomic E-state index is -1.14. The van der Waals surface area contributed by atoms with E-state index in [1.807, 2.05) is 0 Å². The van der Waals surface area contributed by atoms with Gasteiger partial charge in [0.1, 0.15) is 4.88 Å². The molecule has 27 heavy (non-hydrogen) atoms. The standard InChI is InChI=1S/C17H9Cl3N2O3S2/c18-7-1-3-10-12(5-7)27-14(13(10)20)15(23)22-17(26)21-8-2-4-9(16(24)25)11(19)6-8/h1-6H,(H,24,25)(H2,21,22,23,26). The zero-order valence-electron chi connectivity index (χ0n) is 13.2. The fourth-order valence-electron chi connectivity index (χ4n) is 2.27. The Morgan fingerprint density at radius 3 is 2.48 bits per heavy atom. The molecule has 138 valence electrons. The van der Waals surface area contributed by atoms with Crippen LogP contribution >= 0.6 is 58.4 Å². The van der Waals surface area contributed by atoms with Crippen molar-refractivity contribution in [2.24, 2.45) is 0 Å². The summed E-state index contributed by atoms with van der Waals surface area (Å²) < 4.78 is 0.785. The summed E-state index contributed by atoms with van der Waals surface area (Å²) in [6.07, 6.45) is 0. The van der Waals surface area contributed by atoms with Crippen LogP contribution in [0.25, 0.3) is 10.1 Å². The average molecular weight is 460 g/mol. The van der Waals surface area contributed by atoms with Crippen molar-refractivity contribution in [3.8, 4) is 0 Å². The number of rotatable bonds is 3. The van der Waals surface area contributed by atoms with Crippen molar-refractivity contribution in [1.29, 1.82) is 0 Å². The van der Waals surface area contributed by atoms with Crippen LogP contribution in [0, 0.1) is 0 Å². The SMILES string of the molecule is O=C(O)c1ccc(NC(=S)NC(=O)c2sc3cc(Cl)ccc3c2Cl)cc1Cl. The van der Waals surface area contributed by atoms with Gasteiger partial charge in [-0.25, -0.2) is 4.79 Å². The Labute approximate surface area is 177 Å². The fourth-order valence-corrected chi connectivity index (χ4v) is 4.43. The molecule has 0 aliphatic carbocycles. The van der Waals surface area contributed by atoms with Gasteiger partial charge in [0.2, 0.25) is 0 Å². The second kappa shape index (κ2) is 8.00. The molecule has 5 nitrogen and oxygen atoms in total. The minimum Gasteiger partial charge on any atom is -0.478 e. The number of benzene rings is 2. The third-order valence-electron chi connectivity index (χ3n) is 3.48. The third-order valence-corrected chi connectivity index (χ3v) is 5.89. The van der Waals surface area contributed by atoms with E-state index in [-0.39, 0.29) is 15.7 Å². The van der Waals surface area contributed by atoms with Crippen molar-refractivity contribution in [1.82, 2.24) is 5.32 Å². The number of carbonyl (C=O) groups is 2. The van der Waals surface area contributed by atoms with Gasteiger partial charge in [-0.1, -0.05) is 40.9 Å².